The van der Waals surface area contributed by atoms with Crippen LogP contribution in [0.1, 0.15) is 51.2 Å². The lowest BCUT2D eigenvalue weighted by Crippen LogP contribution is -2.16. The molecule has 28 heavy (non-hydrogen) atoms. The molecule has 0 radical (unpaired) electrons. The summed E-state index contributed by atoms with van der Waals surface area (Å²) in [5.74, 6) is 1.86. The zero-order valence-corrected chi connectivity index (χ0v) is 17.3. The number of anilines is 3. The van der Waals surface area contributed by atoms with Crippen molar-refractivity contribution in [1.82, 2.24) is 15.0 Å². The van der Waals surface area contributed by atoms with Crippen LogP contribution in [0.3, 0.4) is 0 Å². The van der Waals surface area contributed by atoms with Gasteiger partial charge in [-0.3, -0.25) is 4.98 Å². The van der Waals surface area contributed by atoms with Crippen molar-refractivity contribution in [3.63, 3.8) is 0 Å². The molecule has 2 aromatic heterocycles. The zero-order chi connectivity index (χ0) is 20.1. The first kappa shape index (κ1) is 19.8. The maximum atomic E-state index is 4.67. The fourth-order valence-corrected chi connectivity index (χ4v) is 3.09. The molecule has 146 valence electrons. The van der Waals surface area contributed by atoms with Crippen LogP contribution in [0.15, 0.2) is 48.7 Å². The van der Waals surface area contributed by atoms with Gasteiger partial charge in [0.15, 0.2) is 0 Å². The number of benzene rings is 1. The van der Waals surface area contributed by atoms with E-state index in [-0.39, 0.29) is 0 Å². The van der Waals surface area contributed by atoms with Crippen molar-refractivity contribution in [3.05, 3.63) is 59.8 Å². The second kappa shape index (κ2) is 8.83. The lowest BCUT2D eigenvalue weighted by Gasteiger charge is -2.15. The summed E-state index contributed by atoms with van der Waals surface area (Å²) < 4.78 is 0. The van der Waals surface area contributed by atoms with Gasteiger partial charge in [-0.1, -0.05) is 32.9 Å². The van der Waals surface area contributed by atoms with Gasteiger partial charge in [0.25, 0.3) is 0 Å². The second-order valence-corrected chi connectivity index (χ2v) is 7.48. The number of aryl methyl sites for hydroxylation is 1. The highest BCUT2D eigenvalue weighted by atomic mass is 15.2. The summed E-state index contributed by atoms with van der Waals surface area (Å²) in [6, 6.07) is 14.5. The molecule has 0 spiro atoms. The monoisotopic (exact) mass is 375 g/mol. The van der Waals surface area contributed by atoms with E-state index in [0.29, 0.717) is 17.9 Å². The third kappa shape index (κ3) is 4.85. The Morgan fingerprint density at radius 3 is 2.43 bits per heavy atom. The Bertz CT molecular complexity index is 922. The summed E-state index contributed by atoms with van der Waals surface area (Å²) in [6.07, 6.45) is 2.77. The smallest absolute Gasteiger partial charge is 0.225 e. The average Bonchev–Trinajstić information content (AvgIpc) is 2.68. The summed E-state index contributed by atoms with van der Waals surface area (Å²) in [5, 5.41) is 6.81. The van der Waals surface area contributed by atoms with E-state index in [9.17, 15) is 0 Å². The molecular weight excluding hydrogens is 346 g/mol. The van der Waals surface area contributed by atoms with Gasteiger partial charge >= 0.3 is 0 Å². The van der Waals surface area contributed by atoms with E-state index >= 15 is 0 Å². The van der Waals surface area contributed by atoms with E-state index in [4.69, 9.17) is 0 Å². The quantitative estimate of drug-likeness (QED) is 0.536. The third-order valence-corrected chi connectivity index (χ3v) is 4.81. The van der Waals surface area contributed by atoms with E-state index in [0.717, 1.165) is 29.3 Å². The Hall–Kier alpha value is -2.95. The van der Waals surface area contributed by atoms with E-state index in [1.165, 1.54) is 11.1 Å². The summed E-state index contributed by atoms with van der Waals surface area (Å²) >= 11 is 0. The Morgan fingerprint density at radius 2 is 1.79 bits per heavy atom. The molecule has 0 amide bonds. The molecule has 2 heterocycles. The number of pyridine rings is 1. The first-order chi connectivity index (χ1) is 13.5. The highest BCUT2D eigenvalue weighted by Gasteiger charge is 2.11. The number of aromatic nitrogens is 3. The molecule has 3 aromatic rings. The van der Waals surface area contributed by atoms with Crippen LogP contribution < -0.4 is 10.6 Å². The van der Waals surface area contributed by atoms with Crippen molar-refractivity contribution >= 4 is 17.5 Å². The second-order valence-electron chi connectivity index (χ2n) is 7.48. The standard InChI is InChI=1S/C23H29N5/c1-6-17(5)25-23-27-21(20-9-7-8-12-24-20)14-22(28-23)26-18-10-11-19(15(2)3)16(4)13-18/h7-15,17H,6H2,1-5H3,(H2,25,26,27,28)/t17-/m0/s1. The van der Waals surface area contributed by atoms with Crippen molar-refractivity contribution in [2.24, 2.45) is 0 Å². The summed E-state index contributed by atoms with van der Waals surface area (Å²) in [5.41, 5.74) is 5.27. The molecule has 2 N–H and O–H groups in total. The van der Waals surface area contributed by atoms with Gasteiger partial charge < -0.3 is 10.6 Å². The van der Waals surface area contributed by atoms with Crippen LogP contribution in [-0.4, -0.2) is 21.0 Å². The summed E-state index contributed by atoms with van der Waals surface area (Å²) in [4.78, 5) is 13.8. The predicted octanol–water partition coefficient (Wildman–Crippen LogP) is 5.92. The number of nitrogens with zero attached hydrogens (tertiary/aromatic N) is 3. The largest absolute Gasteiger partial charge is 0.352 e. The lowest BCUT2D eigenvalue weighted by atomic mass is 9.98. The average molecular weight is 376 g/mol. The Labute approximate surface area is 167 Å². The zero-order valence-electron chi connectivity index (χ0n) is 17.3. The summed E-state index contributed by atoms with van der Waals surface area (Å²) in [6.45, 7) is 10.8. The van der Waals surface area contributed by atoms with Crippen LogP contribution in [-0.2, 0) is 0 Å². The molecule has 1 atom stereocenters. The van der Waals surface area contributed by atoms with Gasteiger partial charge in [-0.2, -0.15) is 4.98 Å². The SMILES string of the molecule is CC[C@H](C)Nc1nc(Nc2ccc(C(C)C)c(C)c2)cc(-c2ccccn2)n1. The molecule has 0 saturated carbocycles. The maximum absolute atomic E-state index is 4.67. The van der Waals surface area contributed by atoms with Gasteiger partial charge in [-0.25, -0.2) is 4.98 Å². The number of nitrogens with one attached hydrogen (secondary N) is 2. The molecule has 0 unspecified atom stereocenters. The van der Waals surface area contributed by atoms with Crippen LogP contribution in [0, 0.1) is 6.92 Å². The Kier molecular flexibility index (Phi) is 6.24. The molecule has 5 heteroatoms. The fraction of sp³-hybridized carbons (Fsp3) is 0.348. The first-order valence-corrected chi connectivity index (χ1v) is 9.91. The van der Waals surface area contributed by atoms with Crippen molar-refractivity contribution in [1.29, 1.82) is 0 Å². The first-order valence-electron chi connectivity index (χ1n) is 9.91. The minimum Gasteiger partial charge on any atom is -0.352 e. The summed E-state index contributed by atoms with van der Waals surface area (Å²) in [7, 11) is 0. The maximum Gasteiger partial charge on any atom is 0.225 e. The molecule has 1 aromatic carbocycles. The topological polar surface area (TPSA) is 62.7 Å². The molecule has 0 saturated heterocycles. The van der Waals surface area contributed by atoms with Gasteiger partial charge in [-0.05, 0) is 61.6 Å². The van der Waals surface area contributed by atoms with Crippen LogP contribution >= 0.6 is 0 Å². The lowest BCUT2D eigenvalue weighted by molar-refractivity contribution is 0.753. The number of rotatable bonds is 7. The van der Waals surface area contributed by atoms with Crippen LogP contribution in [0.4, 0.5) is 17.5 Å². The van der Waals surface area contributed by atoms with Gasteiger partial charge in [0.2, 0.25) is 5.95 Å². The van der Waals surface area contributed by atoms with Gasteiger partial charge in [-0.15, -0.1) is 0 Å². The van der Waals surface area contributed by atoms with E-state index in [1.54, 1.807) is 6.20 Å². The minimum atomic E-state index is 0.291. The number of hydrogen-bond acceptors (Lipinski definition) is 5. The fourth-order valence-electron chi connectivity index (χ4n) is 3.09. The van der Waals surface area contributed by atoms with Crippen molar-refractivity contribution < 1.29 is 0 Å². The molecule has 0 fully saturated rings. The van der Waals surface area contributed by atoms with Crippen molar-refractivity contribution in [2.75, 3.05) is 10.6 Å². The molecule has 0 aliphatic heterocycles. The highest BCUT2D eigenvalue weighted by molar-refractivity contribution is 5.66. The van der Waals surface area contributed by atoms with Crippen LogP contribution in [0.5, 0.6) is 0 Å². The predicted molar refractivity (Wildman–Crippen MR) is 117 cm³/mol. The van der Waals surface area contributed by atoms with Gasteiger partial charge in [0.1, 0.15) is 5.82 Å². The molecule has 0 aliphatic carbocycles. The Balaban J connectivity index is 1.95. The van der Waals surface area contributed by atoms with Gasteiger partial charge in [0, 0.05) is 24.0 Å². The van der Waals surface area contributed by atoms with Crippen molar-refractivity contribution in [2.45, 2.75) is 53.0 Å². The third-order valence-electron chi connectivity index (χ3n) is 4.81. The van der Waals surface area contributed by atoms with Gasteiger partial charge in [0.05, 0.1) is 11.4 Å². The molecule has 0 aliphatic rings. The van der Waals surface area contributed by atoms with E-state index < -0.39 is 0 Å². The van der Waals surface area contributed by atoms with Crippen LogP contribution in [0.2, 0.25) is 0 Å². The highest BCUT2D eigenvalue weighted by Crippen LogP contribution is 2.26. The molecule has 5 nitrogen and oxygen atoms in total. The number of hydrogen-bond donors (Lipinski definition) is 2. The molecular formula is C23H29N5. The Morgan fingerprint density at radius 1 is 0.964 bits per heavy atom. The van der Waals surface area contributed by atoms with E-state index in [1.807, 2.05) is 24.3 Å². The van der Waals surface area contributed by atoms with E-state index in [2.05, 4.69) is 78.4 Å². The van der Waals surface area contributed by atoms with Crippen LogP contribution in [0.25, 0.3) is 11.4 Å². The minimum absolute atomic E-state index is 0.291. The normalized spacial score (nSPS) is 12.1. The molecule has 0 bridgehead atoms. The molecule has 3 rings (SSSR count). The van der Waals surface area contributed by atoms with Crippen molar-refractivity contribution in [3.8, 4) is 11.4 Å².